The zero-order valence-electron chi connectivity index (χ0n) is 3.25. The molecule has 0 fully saturated rings. The average molecular weight is 167 g/mol. The van der Waals surface area contributed by atoms with E-state index in [1.165, 1.54) is 6.26 Å². The summed E-state index contributed by atoms with van der Waals surface area (Å²) >= 11 is 0. The summed E-state index contributed by atoms with van der Waals surface area (Å²) in [4.78, 5) is 0. The maximum atomic E-state index is 5.31. The Kier molecular flexibility index (Phi) is 1.52. The van der Waals surface area contributed by atoms with Crippen LogP contribution in [0.4, 0.5) is 0 Å². The second kappa shape index (κ2) is 1.28. The van der Waals surface area contributed by atoms with Gasteiger partial charge in [0, 0.05) is 0 Å². The molecule has 0 aliphatic rings. The summed E-state index contributed by atoms with van der Waals surface area (Å²) in [7, 11) is 15.9. The third-order valence-electron chi connectivity index (χ3n) is 0. The van der Waals surface area contributed by atoms with Crippen LogP contribution < -0.4 is 0 Å². The lowest BCUT2D eigenvalue weighted by atomic mass is 11.9. The molecule has 0 spiro atoms. The van der Waals surface area contributed by atoms with Crippen molar-refractivity contribution in [2.24, 2.45) is 0 Å². The maximum Gasteiger partial charge on any atom is -0.00161 e. The van der Waals surface area contributed by atoms with Crippen LogP contribution in [0, 0.1) is 0 Å². The topological polar surface area (TPSA) is 0 Å². The quantitative estimate of drug-likeness (QED) is 0.487. The zero-order chi connectivity index (χ0) is 5.45. The van der Waals surface area contributed by atoms with E-state index < -0.39 is 6.39 Å². The van der Waals surface area contributed by atoms with Crippen molar-refractivity contribution in [3.8, 4) is 0 Å². The standard InChI is InChI=1S/C2H5Cl3S/c1-6(2,3,4)5/h1H2,2H3. The lowest BCUT2D eigenvalue weighted by Crippen LogP contribution is -1.67. The Hall–Kier alpha value is 1.09. The van der Waals surface area contributed by atoms with E-state index in [-0.39, 0.29) is 0 Å². The van der Waals surface area contributed by atoms with E-state index in [1.54, 1.807) is 0 Å². The first-order valence-electron chi connectivity index (χ1n) is 1.16. The largest absolute Gasteiger partial charge is 0.0523 e. The number of hydrogen-bond acceptors (Lipinski definition) is 0. The molecular formula is C2H5Cl3S. The van der Waals surface area contributed by atoms with Gasteiger partial charge >= 0.3 is 0 Å². The van der Waals surface area contributed by atoms with E-state index in [0.29, 0.717) is 0 Å². The van der Waals surface area contributed by atoms with Crippen molar-refractivity contribution in [3.63, 3.8) is 0 Å². The number of rotatable bonds is 0. The van der Waals surface area contributed by atoms with Crippen LogP contribution in [0.25, 0.3) is 0 Å². The number of hydrogen-bond donors (Lipinski definition) is 0. The predicted molar refractivity (Wildman–Crippen MR) is 38.2 cm³/mol. The first-order chi connectivity index (χ1) is 2.24. The first-order valence-corrected chi connectivity index (χ1v) is 6.26. The van der Waals surface area contributed by atoms with Crippen molar-refractivity contribution in [1.82, 2.24) is 0 Å². The average Bonchev–Trinajstić information content (AvgIpc) is 0.650. The van der Waals surface area contributed by atoms with Crippen LogP contribution in [0.1, 0.15) is 0 Å². The molecule has 0 aromatic carbocycles. The lowest BCUT2D eigenvalue weighted by Gasteiger charge is -2.16. The SMILES string of the molecule is C=S(C)(Cl)(Cl)Cl. The fourth-order valence-corrected chi connectivity index (χ4v) is 0. The van der Waals surface area contributed by atoms with E-state index in [1.807, 2.05) is 0 Å². The molecule has 0 aromatic heterocycles. The van der Waals surface area contributed by atoms with Crippen molar-refractivity contribution in [3.05, 3.63) is 0 Å². The van der Waals surface area contributed by atoms with Crippen molar-refractivity contribution >= 4 is 44.3 Å². The van der Waals surface area contributed by atoms with Crippen LogP contribution >= 0.6 is 38.4 Å². The molecule has 0 aliphatic carbocycles. The molecule has 0 aromatic rings. The van der Waals surface area contributed by atoms with E-state index >= 15 is 0 Å². The Morgan fingerprint density at radius 2 is 1.33 bits per heavy atom. The molecule has 4 heteroatoms. The van der Waals surface area contributed by atoms with Crippen molar-refractivity contribution < 1.29 is 0 Å². The van der Waals surface area contributed by atoms with E-state index in [4.69, 9.17) is 32.0 Å². The van der Waals surface area contributed by atoms with Gasteiger partial charge in [-0.3, -0.25) is 0 Å². The predicted octanol–water partition coefficient (Wildman–Crippen LogP) is 2.85. The normalized spacial score (nSPS) is 19.0. The van der Waals surface area contributed by atoms with Gasteiger partial charge in [-0.15, -0.1) is 0 Å². The summed E-state index contributed by atoms with van der Waals surface area (Å²) in [5, 5.41) is 0. The van der Waals surface area contributed by atoms with Crippen LogP contribution in [0.5, 0.6) is 0 Å². The highest BCUT2D eigenvalue weighted by atomic mass is 36.2. The molecule has 0 aliphatic heterocycles. The Morgan fingerprint density at radius 1 is 1.33 bits per heavy atom. The monoisotopic (exact) mass is 166 g/mol. The van der Waals surface area contributed by atoms with E-state index in [0.717, 1.165) is 0 Å². The van der Waals surface area contributed by atoms with Crippen LogP contribution in [-0.4, -0.2) is 12.1 Å². The van der Waals surface area contributed by atoms with Gasteiger partial charge in [-0.2, -0.15) is 0 Å². The Morgan fingerprint density at radius 3 is 1.33 bits per heavy atom. The third-order valence-corrected chi connectivity index (χ3v) is 0. The summed E-state index contributed by atoms with van der Waals surface area (Å²) in [6.45, 7) is 0. The molecule has 0 saturated heterocycles. The van der Waals surface area contributed by atoms with Crippen LogP contribution in [0.15, 0.2) is 0 Å². The van der Waals surface area contributed by atoms with Crippen molar-refractivity contribution in [2.75, 3.05) is 6.26 Å². The Bertz CT molecular complexity index is 86.5. The van der Waals surface area contributed by atoms with E-state index in [9.17, 15) is 0 Å². The molecule has 0 N–H and O–H groups in total. The Labute approximate surface area is 50.8 Å². The molecule has 0 bridgehead atoms. The van der Waals surface area contributed by atoms with Gasteiger partial charge in [-0.1, -0.05) is 5.87 Å². The minimum Gasteiger partial charge on any atom is -0.0523 e. The number of halogens is 3. The van der Waals surface area contributed by atoms with Crippen molar-refractivity contribution in [2.45, 2.75) is 0 Å². The molecule has 0 amide bonds. The molecule has 0 radical (unpaired) electrons. The summed E-state index contributed by atoms with van der Waals surface area (Å²) in [6.07, 6.45) is -1.18. The van der Waals surface area contributed by atoms with Gasteiger partial charge in [0.15, 0.2) is 0 Å². The fraction of sp³-hybridized carbons (Fsp3) is 0.500. The highest BCUT2D eigenvalue weighted by Gasteiger charge is 2.08. The first kappa shape index (κ1) is 7.09. The highest BCUT2D eigenvalue weighted by Crippen LogP contribution is 2.68. The van der Waals surface area contributed by atoms with Crippen LogP contribution in [0.3, 0.4) is 0 Å². The minimum absolute atomic E-state index is 1.50. The molecule has 6 heavy (non-hydrogen) atoms. The molecule has 0 heterocycles. The molecule has 0 nitrogen and oxygen atoms in total. The summed E-state index contributed by atoms with van der Waals surface area (Å²) in [5.74, 6) is 3.31. The molecular weight excluding hydrogens is 162 g/mol. The van der Waals surface area contributed by atoms with Crippen molar-refractivity contribution in [1.29, 1.82) is 0 Å². The highest BCUT2D eigenvalue weighted by molar-refractivity contribution is 8.88. The van der Waals surface area contributed by atoms with Gasteiger partial charge < -0.3 is 0 Å². The zero-order valence-corrected chi connectivity index (χ0v) is 6.33. The second-order valence-electron chi connectivity index (χ2n) is 1.25. The lowest BCUT2D eigenvalue weighted by molar-refractivity contribution is 2.50. The fourth-order valence-electron chi connectivity index (χ4n) is 0. The summed E-state index contributed by atoms with van der Waals surface area (Å²) < 4.78 is 0. The molecule has 0 unspecified atom stereocenters. The smallest absolute Gasteiger partial charge is 0.00161 e. The van der Waals surface area contributed by atoms with Gasteiger partial charge in [0.05, 0.1) is 0 Å². The summed E-state index contributed by atoms with van der Waals surface area (Å²) in [5.41, 5.74) is 0. The van der Waals surface area contributed by atoms with Gasteiger partial charge in [0.2, 0.25) is 0 Å². The molecule has 0 saturated carbocycles. The van der Waals surface area contributed by atoms with E-state index in [2.05, 4.69) is 5.87 Å². The second-order valence-corrected chi connectivity index (χ2v) is 12.7. The van der Waals surface area contributed by atoms with Gasteiger partial charge in [0.1, 0.15) is 0 Å². The summed E-state index contributed by atoms with van der Waals surface area (Å²) in [6, 6.07) is 0. The Balaban J connectivity index is 4.16. The maximum absolute atomic E-state index is 5.31. The third kappa shape index (κ3) is 71.7. The van der Waals surface area contributed by atoms with Crippen LogP contribution in [0.2, 0.25) is 0 Å². The van der Waals surface area contributed by atoms with Gasteiger partial charge in [-0.25, -0.2) is 0 Å². The molecule has 40 valence electrons. The van der Waals surface area contributed by atoms with Crippen LogP contribution in [-0.2, 0) is 0 Å². The molecule has 0 rings (SSSR count). The minimum atomic E-state index is -2.68. The molecule has 0 atom stereocenters. The van der Waals surface area contributed by atoms with Gasteiger partial charge in [-0.05, 0) is 44.7 Å². The van der Waals surface area contributed by atoms with Gasteiger partial charge in [0.25, 0.3) is 0 Å².